The summed E-state index contributed by atoms with van der Waals surface area (Å²) in [7, 11) is 0. The molecule has 1 aromatic heterocycles. The lowest BCUT2D eigenvalue weighted by Gasteiger charge is -2.26. The summed E-state index contributed by atoms with van der Waals surface area (Å²) in [5.41, 5.74) is 4.15. The van der Waals surface area contributed by atoms with Crippen molar-refractivity contribution in [3.05, 3.63) is 41.1 Å². The van der Waals surface area contributed by atoms with Gasteiger partial charge in [-0.2, -0.15) is 18.2 Å². The van der Waals surface area contributed by atoms with E-state index in [1.165, 1.54) is 18.3 Å². The van der Waals surface area contributed by atoms with Crippen molar-refractivity contribution < 1.29 is 23.7 Å². The summed E-state index contributed by atoms with van der Waals surface area (Å²) < 4.78 is 39.2. The fourth-order valence-corrected chi connectivity index (χ4v) is 3.71. The normalized spacial score (nSPS) is 21.3. The first-order valence-corrected chi connectivity index (χ1v) is 9.81. The first-order valence-electron chi connectivity index (χ1n) is 9.81. The van der Waals surface area contributed by atoms with Crippen LogP contribution in [0.5, 0.6) is 0 Å². The molecule has 158 valence electrons. The van der Waals surface area contributed by atoms with Crippen molar-refractivity contribution in [1.82, 2.24) is 9.97 Å². The van der Waals surface area contributed by atoms with E-state index in [0.29, 0.717) is 24.1 Å². The van der Waals surface area contributed by atoms with E-state index < -0.39 is 17.6 Å². The molecule has 5 N–H and O–H groups in total. The number of carbonyl (C=O) groups is 1. The van der Waals surface area contributed by atoms with Crippen molar-refractivity contribution in [2.45, 2.75) is 50.4 Å². The Morgan fingerprint density at radius 2 is 1.87 bits per heavy atom. The average molecular weight is 419 g/mol. The van der Waals surface area contributed by atoms with Gasteiger partial charge in [-0.05, 0) is 31.0 Å². The number of aliphatic imine (C=N–C) groups is 1. The predicted molar refractivity (Wildman–Crippen MR) is 106 cm³/mol. The lowest BCUT2D eigenvalue weighted by molar-refractivity contribution is -0.425. The van der Waals surface area contributed by atoms with E-state index in [9.17, 15) is 18.0 Å². The molecule has 1 amide bonds. The molecule has 2 heterocycles. The molecule has 0 bridgehead atoms. The Balaban J connectivity index is 1.65. The van der Waals surface area contributed by atoms with Crippen molar-refractivity contribution in [3.8, 4) is 0 Å². The number of hydrogen-bond donors (Lipinski definition) is 3. The number of benzene rings is 1. The van der Waals surface area contributed by atoms with Crippen LogP contribution in [-0.4, -0.2) is 34.2 Å². The third-order valence-electron chi connectivity index (χ3n) is 5.32. The van der Waals surface area contributed by atoms with E-state index in [4.69, 9.17) is 0 Å². The van der Waals surface area contributed by atoms with Crippen LogP contribution >= 0.6 is 0 Å². The molecule has 1 aromatic carbocycles. The first-order chi connectivity index (χ1) is 14.3. The summed E-state index contributed by atoms with van der Waals surface area (Å²) in [6.45, 7) is 0. The zero-order valence-electron chi connectivity index (χ0n) is 16.2. The Kier molecular flexibility index (Phi) is 5.42. The summed E-state index contributed by atoms with van der Waals surface area (Å²) >= 11 is 0. The molecule has 4 rings (SSSR count). The smallest absolute Gasteiger partial charge is 0.355 e. The van der Waals surface area contributed by atoms with E-state index in [1.807, 2.05) is 0 Å². The number of alkyl halides is 3. The molecule has 0 atom stereocenters. The van der Waals surface area contributed by atoms with Crippen molar-refractivity contribution >= 4 is 29.6 Å². The van der Waals surface area contributed by atoms with Crippen LogP contribution < -0.4 is 16.4 Å². The second-order valence-electron chi connectivity index (χ2n) is 7.60. The van der Waals surface area contributed by atoms with Gasteiger partial charge in [0.2, 0.25) is 5.95 Å². The first kappa shape index (κ1) is 20.3. The molecule has 2 aromatic rings. The molecule has 1 aliphatic carbocycles. The van der Waals surface area contributed by atoms with Gasteiger partial charge in [0.1, 0.15) is 11.4 Å². The maximum atomic E-state index is 13.1. The Labute approximate surface area is 171 Å². The van der Waals surface area contributed by atoms with Crippen LogP contribution in [0.15, 0.2) is 29.3 Å². The van der Waals surface area contributed by atoms with Gasteiger partial charge in [-0.3, -0.25) is 4.79 Å². The molecule has 1 aliphatic heterocycles. The fourth-order valence-electron chi connectivity index (χ4n) is 3.71. The highest BCUT2D eigenvalue weighted by Crippen LogP contribution is 2.32. The van der Waals surface area contributed by atoms with E-state index in [0.717, 1.165) is 37.8 Å². The number of nitrogens with zero attached hydrogens (tertiary/aromatic N) is 3. The molecule has 2 aliphatic rings. The van der Waals surface area contributed by atoms with E-state index >= 15 is 0 Å². The van der Waals surface area contributed by atoms with E-state index in [1.54, 1.807) is 0 Å². The second kappa shape index (κ2) is 8.02. The Bertz CT molecular complexity index is 983. The van der Waals surface area contributed by atoms with Crippen LogP contribution in [0.25, 0.3) is 0 Å². The van der Waals surface area contributed by atoms with Gasteiger partial charge in [0.25, 0.3) is 5.91 Å². The van der Waals surface area contributed by atoms with Crippen LogP contribution in [0.1, 0.15) is 47.3 Å². The van der Waals surface area contributed by atoms with Gasteiger partial charge in [-0.15, -0.1) is 0 Å². The number of anilines is 3. The van der Waals surface area contributed by atoms with Crippen LogP contribution in [-0.2, 0) is 12.6 Å². The van der Waals surface area contributed by atoms with Crippen molar-refractivity contribution in [1.29, 1.82) is 0 Å². The molecule has 0 spiro atoms. The maximum Gasteiger partial charge on any atom is 0.416 e. The second-order valence-corrected chi connectivity index (χ2v) is 7.60. The fraction of sp³-hybridized carbons (Fsp3) is 0.400. The molecule has 30 heavy (non-hydrogen) atoms. The zero-order chi connectivity index (χ0) is 21.3. The molecular formula is C20H22F3N6O+. The van der Waals surface area contributed by atoms with E-state index in [2.05, 4.69) is 31.3 Å². The molecule has 1 saturated carbocycles. The number of fused-ring (bicyclic) bond motifs is 1. The number of hydrogen-bond acceptors (Lipinski definition) is 5. The molecule has 10 heteroatoms. The highest BCUT2D eigenvalue weighted by atomic mass is 19.4. The van der Waals surface area contributed by atoms with Crippen LogP contribution in [0, 0.1) is 0 Å². The highest BCUT2D eigenvalue weighted by Gasteiger charge is 2.31. The third-order valence-corrected chi connectivity index (χ3v) is 5.32. The summed E-state index contributed by atoms with van der Waals surface area (Å²) in [5.74, 6) is -0.0248. The number of quaternary nitrogens is 1. The van der Waals surface area contributed by atoms with Crippen LogP contribution in [0.3, 0.4) is 0 Å². The molecular weight excluding hydrogens is 397 g/mol. The van der Waals surface area contributed by atoms with Gasteiger partial charge >= 0.3 is 6.18 Å². The minimum absolute atomic E-state index is 0.148. The van der Waals surface area contributed by atoms with Gasteiger partial charge in [0.15, 0.2) is 0 Å². The predicted octanol–water partition coefficient (Wildman–Crippen LogP) is 2.97. The quantitative estimate of drug-likeness (QED) is 0.706. The summed E-state index contributed by atoms with van der Waals surface area (Å²) in [6, 6.07) is 5.39. The maximum absolute atomic E-state index is 13.1. The molecule has 0 radical (unpaired) electrons. The zero-order valence-corrected chi connectivity index (χ0v) is 16.2. The lowest BCUT2D eigenvalue weighted by atomic mass is 9.92. The van der Waals surface area contributed by atoms with Crippen molar-refractivity contribution in [2.75, 3.05) is 10.6 Å². The van der Waals surface area contributed by atoms with Crippen LogP contribution in [0.4, 0.5) is 30.6 Å². The number of carbonyl (C=O) groups excluding carboxylic acids is 1. The Morgan fingerprint density at radius 1 is 1.10 bits per heavy atom. The van der Waals surface area contributed by atoms with Gasteiger partial charge in [0.05, 0.1) is 17.3 Å². The van der Waals surface area contributed by atoms with Gasteiger partial charge in [-0.25, -0.2) is 9.98 Å². The summed E-state index contributed by atoms with van der Waals surface area (Å²) in [5, 5.41) is 6.17. The Morgan fingerprint density at radius 3 is 2.60 bits per heavy atom. The minimum atomic E-state index is -4.47. The summed E-state index contributed by atoms with van der Waals surface area (Å²) in [4.78, 5) is 25.0. The highest BCUT2D eigenvalue weighted by molar-refractivity contribution is 6.07. The van der Waals surface area contributed by atoms with E-state index in [-0.39, 0.29) is 23.1 Å². The lowest BCUT2D eigenvalue weighted by Crippen LogP contribution is -2.62. The number of halogens is 3. The number of aromatic nitrogens is 2. The number of nitrogens with one attached hydrogen (secondary N) is 2. The Hall–Kier alpha value is -3.01. The van der Waals surface area contributed by atoms with Gasteiger partial charge in [-0.1, -0.05) is 6.07 Å². The van der Waals surface area contributed by atoms with Crippen LogP contribution in [0.2, 0.25) is 0 Å². The molecule has 0 unspecified atom stereocenters. The average Bonchev–Trinajstić information content (AvgIpc) is 2.69. The SMILES string of the molecule is [NH3+]C1CCC(Nc2nc3c(c(Nc4cccc(C(F)(F)F)c4)n2)C(=O)N=CC3)CC1. The monoisotopic (exact) mass is 419 g/mol. The minimum Gasteiger partial charge on any atom is -0.355 e. The summed E-state index contributed by atoms with van der Waals surface area (Å²) in [6.07, 6.45) is 1.23. The molecule has 0 saturated heterocycles. The third kappa shape index (κ3) is 4.43. The van der Waals surface area contributed by atoms with Crippen molar-refractivity contribution in [3.63, 3.8) is 0 Å². The molecule has 7 nitrogen and oxygen atoms in total. The topological polar surface area (TPSA) is 107 Å². The molecule has 1 fully saturated rings. The van der Waals surface area contributed by atoms with Crippen molar-refractivity contribution in [2.24, 2.45) is 4.99 Å². The number of rotatable bonds is 4. The van der Waals surface area contributed by atoms with Gasteiger partial charge < -0.3 is 16.4 Å². The standard InChI is InChI=1S/C20H21F3N6O/c21-20(22,23)11-2-1-3-14(10-11)26-17-16-15(8-9-25-18(16)30)28-19(29-17)27-13-6-4-12(24)5-7-13/h1-3,9-10,12-13H,4-8,24H2,(H2,26,27,28,29)/p+1. The number of amides is 1. The largest absolute Gasteiger partial charge is 0.416 e. The van der Waals surface area contributed by atoms with Gasteiger partial charge in [0, 0.05) is 37.2 Å².